The number of hydrogen-bond donors (Lipinski definition) is 0. The van der Waals surface area contributed by atoms with Gasteiger partial charge in [0.25, 0.3) is 0 Å². The largest absolute Gasteiger partial charge is 0.245 e. The zero-order valence-corrected chi connectivity index (χ0v) is 32.4. The fraction of sp³-hybridized carbons (Fsp3) is 0. The van der Waals surface area contributed by atoms with Gasteiger partial charge in [-0.2, -0.15) is 0 Å². The van der Waals surface area contributed by atoms with E-state index in [0.717, 1.165) is 87.0 Å². The molecule has 0 aliphatic carbocycles. The molecule has 0 bridgehead atoms. The number of aromatic nitrogens is 6. The van der Waals surface area contributed by atoms with Crippen LogP contribution in [0.25, 0.3) is 110 Å². The van der Waals surface area contributed by atoms with Crippen molar-refractivity contribution in [3.05, 3.63) is 194 Å². The van der Waals surface area contributed by atoms with Crippen molar-refractivity contribution >= 4 is 42.5 Å². The normalized spacial score (nSPS) is 11.4. The highest BCUT2D eigenvalue weighted by Crippen LogP contribution is 2.42. The predicted molar refractivity (Wildman–Crippen MR) is 242 cm³/mol. The number of fused-ring (bicyclic) bond motifs is 4. The second-order valence-corrected chi connectivity index (χ2v) is 15.3. The van der Waals surface area contributed by atoms with Crippen LogP contribution >= 0.6 is 11.3 Å². The molecule has 276 valence electrons. The molecule has 0 N–H and O–H groups in total. The molecule has 11 aromatic rings. The third-order valence-electron chi connectivity index (χ3n) is 10.6. The molecule has 6 nitrogen and oxygen atoms in total. The Bertz CT molecular complexity index is 3240. The predicted octanol–water partition coefficient (Wildman–Crippen LogP) is 13.2. The third-order valence-corrected chi connectivity index (χ3v) is 11.7. The van der Waals surface area contributed by atoms with Crippen LogP contribution in [0.3, 0.4) is 0 Å². The fourth-order valence-corrected chi connectivity index (χ4v) is 8.80. The van der Waals surface area contributed by atoms with Crippen molar-refractivity contribution in [2.75, 3.05) is 0 Å². The van der Waals surface area contributed by atoms with Gasteiger partial charge in [0.05, 0.1) is 15.9 Å². The van der Waals surface area contributed by atoms with Gasteiger partial charge in [-0.25, -0.2) is 29.9 Å². The van der Waals surface area contributed by atoms with Gasteiger partial charge in [0, 0.05) is 45.0 Å². The van der Waals surface area contributed by atoms with Gasteiger partial charge in [-0.05, 0) is 33.5 Å². The lowest BCUT2D eigenvalue weighted by Crippen LogP contribution is -2.00. The van der Waals surface area contributed by atoms with E-state index in [9.17, 15) is 0 Å². The molecule has 11 rings (SSSR count). The van der Waals surface area contributed by atoms with Crippen LogP contribution in [-0.2, 0) is 0 Å². The van der Waals surface area contributed by atoms with Gasteiger partial charge >= 0.3 is 0 Å². The molecule has 0 spiro atoms. The lowest BCUT2D eigenvalue weighted by molar-refractivity contribution is 1.07. The van der Waals surface area contributed by atoms with E-state index < -0.39 is 0 Å². The molecule has 0 atom stereocenters. The van der Waals surface area contributed by atoms with Gasteiger partial charge in [-0.3, -0.25) is 0 Å². The molecular weight excluding hydrogens is 741 g/mol. The molecule has 0 unspecified atom stereocenters. The van der Waals surface area contributed by atoms with Crippen molar-refractivity contribution in [2.45, 2.75) is 0 Å². The summed E-state index contributed by atoms with van der Waals surface area (Å²) in [6.45, 7) is 0. The Morgan fingerprint density at radius 3 is 1.27 bits per heavy atom. The smallest absolute Gasteiger partial charge is 0.164 e. The third kappa shape index (κ3) is 6.40. The average molecular weight is 773 g/mol. The highest BCUT2D eigenvalue weighted by atomic mass is 32.1. The summed E-state index contributed by atoms with van der Waals surface area (Å²) in [5.41, 5.74) is 11.1. The quantitative estimate of drug-likeness (QED) is 0.161. The van der Waals surface area contributed by atoms with Crippen LogP contribution in [0.4, 0.5) is 0 Å². The van der Waals surface area contributed by atoms with Crippen LogP contribution in [0.15, 0.2) is 194 Å². The molecule has 4 heterocycles. The molecule has 7 heteroatoms. The Balaban J connectivity index is 0.996. The maximum Gasteiger partial charge on any atom is 0.164 e. The van der Waals surface area contributed by atoms with Crippen LogP contribution in [0.2, 0.25) is 0 Å². The van der Waals surface area contributed by atoms with Crippen molar-refractivity contribution in [2.24, 2.45) is 0 Å². The maximum absolute atomic E-state index is 5.19. The first-order valence-corrected chi connectivity index (χ1v) is 20.3. The number of rotatable bonds is 7. The number of nitrogens with zero attached hydrogens (tertiary/aromatic N) is 6. The van der Waals surface area contributed by atoms with E-state index in [2.05, 4.69) is 103 Å². The van der Waals surface area contributed by atoms with Crippen molar-refractivity contribution in [1.29, 1.82) is 0 Å². The molecule has 0 radical (unpaired) electrons. The molecule has 7 aromatic carbocycles. The molecule has 0 aliphatic heterocycles. The first kappa shape index (κ1) is 34.5. The minimum absolute atomic E-state index is 0.630. The summed E-state index contributed by atoms with van der Waals surface area (Å²) in [6.07, 6.45) is 1.99. The SMILES string of the molecule is c1ccc(-c2nc(-c3ccccc3)nc(-c3ccc(-c4ccc(-c5cnc6sc7c(-c8ccccc8)nc(-c8ccccc8)nc7c6c5)c5ccccc45)cc3)n2)cc1. The molecular formula is C52H32N6S. The van der Waals surface area contributed by atoms with Crippen LogP contribution in [0, 0.1) is 0 Å². The van der Waals surface area contributed by atoms with Gasteiger partial charge < -0.3 is 0 Å². The second-order valence-electron chi connectivity index (χ2n) is 14.3. The first-order chi connectivity index (χ1) is 29.2. The van der Waals surface area contributed by atoms with E-state index in [0.29, 0.717) is 23.3 Å². The molecule has 0 saturated carbocycles. The summed E-state index contributed by atoms with van der Waals surface area (Å²) >= 11 is 1.64. The van der Waals surface area contributed by atoms with E-state index in [4.69, 9.17) is 29.9 Å². The summed E-state index contributed by atoms with van der Waals surface area (Å²) in [4.78, 5) is 31.0. The minimum Gasteiger partial charge on any atom is -0.245 e. The molecule has 0 saturated heterocycles. The van der Waals surface area contributed by atoms with Gasteiger partial charge in [-0.1, -0.05) is 182 Å². The maximum atomic E-state index is 5.19. The van der Waals surface area contributed by atoms with Crippen LogP contribution < -0.4 is 0 Å². The van der Waals surface area contributed by atoms with Crippen molar-refractivity contribution in [3.8, 4) is 79.1 Å². The summed E-state index contributed by atoms with van der Waals surface area (Å²) in [7, 11) is 0. The van der Waals surface area contributed by atoms with Gasteiger partial charge in [0.1, 0.15) is 4.83 Å². The van der Waals surface area contributed by atoms with Crippen molar-refractivity contribution in [3.63, 3.8) is 0 Å². The summed E-state index contributed by atoms with van der Waals surface area (Å²) in [5, 5.41) is 3.33. The molecule has 0 fully saturated rings. The van der Waals surface area contributed by atoms with E-state index in [1.165, 1.54) is 0 Å². The Hall–Kier alpha value is -7.74. The zero-order valence-electron chi connectivity index (χ0n) is 31.6. The molecule has 0 aliphatic rings. The zero-order chi connectivity index (χ0) is 39.1. The Labute approximate surface area is 344 Å². The minimum atomic E-state index is 0.630. The summed E-state index contributed by atoms with van der Waals surface area (Å²) in [5.74, 6) is 2.62. The number of hydrogen-bond acceptors (Lipinski definition) is 7. The van der Waals surface area contributed by atoms with E-state index in [1.54, 1.807) is 11.3 Å². The highest BCUT2D eigenvalue weighted by Gasteiger charge is 2.19. The van der Waals surface area contributed by atoms with Crippen LogP contribution in [0.5, 0.6) is 0 Å². The number of pyridine rings is 1. The van der Waals surface area contributed by atoms with Gasteiger partial charge in [-0.15, -0.1) is 11.3 Å². The lowest BCUT2D eigenvalue weighted by atomic mass is 9.92. The van der Waals surface area contributed by atoms with Gasteiger partial charge in [0.2, 0.25) is 0 Å². The second kappa shape index (κ2) is 14.6. The average Bonchev–Trinajstić information content (AvgIpc) is 3.70. The molecule has 59 heavy (non-hydrogen) atoms. The fourth-order valence-electron chi connectivity index (χ4n) is 7.72. The Morgan fingerprint density at radius 1 is 0.322 bits per heavy atom. The monoisotopic (exact) mass is 772 g/mol. The van der Waals surface area contributed by atoms with Crippen LogP contribution in [-0.4, -0.2) is 29.9 Å². The number of thiophene rings is 1. The standard InChI is InChI=1S/C52H32N6S/c1-5-15-34(16-6-1)45-47-46(55-48(54-45)35-17-7-2-8-18-35)44-31-39(32-53-52(44)59-47)41-30-29-40(42-23-13-14-24-43(41)42)33-25-27-38(28-26-33)51-57-49(36-19-9-3-10-20-36)56-50(58-51)37-21-11-4-12-22-37/h1-32H. The number of benzene rings is 7. The topological polar surface area (TPSA) is 77.3 Å². The van der Waals surface area contributed by atoms with E-state index in [1.807, 2.05) is 91.1 Å². The lowest BCUT2D eigenvalue weighted by Gasteiger charge is -2.13. The summed E-state index contributed by atoms with van der Waals surface area (Å²) < 4.78 is 1.03. The molecule has 0 amide bonds. The van der Waals surface area contributed by atoms with Crippen LogP contribution in [0.1, 0.15) is 0 Å². The van der Waals surface area contributed by atoms with E-state index in [-0.39, 0.29) is 0 Å². The first-order valence-electron chi connectivity index (χ1n) is 19.4. The molecule has 4 aromatic heterocycles. The highest BCUT2D eigenvalue weighted by molar-refractivity contribution is 7.25. The van der Waals surface area contributed by atoms with Crippen molar-refractivity contribution < 1.29 is 0 Å². The van der Waals surface area contributed by atoms with Crippen molar-refractivity contribution in [1.82, 2.24) is 29.9 Å². The Morgan fingerprint density at radius 2 is 0.746 bits per heavy atom. The summed E-state index contributed by atoms with van der Waals surface area (Å²) in [6, 6.07) is 64.5. The van der Waals surface area contributed by atoms with E-state index >= 15 is 0 Å². The van der Waals surface area contributed by atoms with Gasteiger partial charge in [0.15, 0.2) is 23.3 Å². The Kier molecular flexibility index (Phi) is 8.56.